The molecule has 0 fully saturated rings. The van der Waals surface area contributed by atoms with Gasteiger partial charge in [0.1, 0.15) is 5.60 Å². The third kappa shape index (κ3) is 3.29. The Balaban J connectivity index is 1.85. The lowest BCUT2D eigenvalue weighted by Gasteiger charge is -2.34. The van der Waals surface area contributed by atoms with Gasteiger partial charge in [-0.3, -0.25) is 0 Å². The third-order valence-electron chi connectivity index (χ3n) is 6.52. The van der Waals surface area contributed by atoms with Crippen LogP contribution in [0.5, 0.6) is 0 Å². The molecule has 1 atom stereocenters. The summed E-state index contributed by atoms with van der Waals surface area (Å²) in [7, 11) is 0. The third-order valence-corrected chi connectivity index (χ3v) is 6.85. The van der Waals surface area contributed by atoms with Crippen LogP contribution in [-0.4, -0.2) is 5.11 Å². The highest BCUT2D eigenvalue weighted by atomic mass is 35.5. The van der Waals surface area contributed by atoms with Gasteiger partial charge in [-0.2, -0.15) is 0 Å². The summed E-state index contributed by atoms with van der Waals surface area (Å²) in [4.78, 5) is 0. The fourth-order valence-corrected chi connectivity index (χ4v) is 5.17. The molecular weight excluding hydrogens is 400 g/mol. The molecule has 2 heteroatoms. The first-order chi connectivity index (χ1) is 15.1. The molecule has 0 spiro atoms. The number of hydrogen-bond donors (Lipinski definition) is 1. The number of rotatable bonds is 3. The van der Waals surface area contributed by atoms with Crippen LogP contribution in [0, 0.1) is 0 Å². The molecule has 1 unspecified atom stereocenters. The van der Waals surface area contributed by atoms with Crippen LogP contribution in [-0.2, 0) is 24.9 Å². The number of aryl methyl sites for hydroxylation is 3. The molecule has 1 aliphatic carbocycles. The molecule has 4 aromatic carbocycles. The topological polar surface area (TPSA) is 20.2 Å². The van der Waals surface area contributed by atoms with Crippen LogP contribution >= 0.6 is 11.6 Å². The fraction of sp³-hybridized carbons (Fsp3) is 0.172. The largest absolute Gasteiger partial charge is 0.376 e. The van der Waals surface area contributed by atoms with Crippen LogP contribution in [0.3, 0.4) is 0 Å². The molecule has 5 rings (SSSR count). The lowest BCUT2D eigenvalue weighted by molar-refractivity contribution is 0.125. The first kappa shape index (κ1) is 20.1. The van der Waals surface area contributed by atoms with Crippen molar-refractivity contribution in [1.29, 1.82) is 0 Å². The van der Waals surface area contributed by atoms with Crippen LogP contribution in [0.4, 0.5) is 0 Å². The van der Waals surface area contributed by atoms with E-state index in [-0.39, 0.29) is 0 Å². The second kappa shape index (κ2) is 8.00. The van der Waals surface area contributed by atoms with Crippen LogP contribution in [0.15, 0.2) is 91.0 Å². The maximum absolute atomic E-state index is 12.7. The van der Waals surface area contributed by atoms with Crippen LogP contribution in [0.2, 0.25) is 5.02 Å². The molecule has 0 radical (unpaired) electrons. The van der Waals surface area contributed by atoms with Crippen molar-refractivity contribution in [2.45, 2.75) is 31.8 Å². The first-order valence-corrected chi connectivity index (χ1v) is 11.3. The van der Waals surface area contributed by atoms with Crippen LogP contribution < -0.4 is 0 Å². The maximum Gasteiger partial charge on any atom is 0.141 e. The maximum atomic E-state index is 12.7. The van der Waals surface area contributed by atoms with Crippen molar-refractivity contribution in [3.8, 4) is 11.1 Å². The number of fused-ring (bicyclic) bond motifs is 2. The van der Waals surface area contributed by atoms with E-state index >= 15 is 0 Å². The minimum absolute atomic E-state index is 0.682. The smallest absolute Gasteiger partial charge is 0.141 e. The van der Waals surface area contributed by atoms with Crippen LogP contribution in [0.1, 0.15) is 40.3 Å². The van der Waals surface area contributed by atoms with Crippen molar-refractivity contribution >= 4 is 11.6 Å². The Hall–Kier alpha value is -2.87. The summed E-state index contributed by atoms with van der Waals surface area (Å²) in [6.07, 6.45) is 2.80. The second-order valence-electron chi connectivity index (χ2n) is 8.24. The van der Waals surface area contributed by atoms with E-state index in [4.69, 9.17) is 11.6 Å². The number of hydrogen-bond acceptors (Lipinski definition) is 1. The van der Waals surface area contributed by atoms with Crippen molar-refractivity contribution < 1.29 is 5.11 Å². The van der Waals surface area contributed by atoms with Gasteiger partial charge in [0.05, 0.1) is 0 Å². The lowest BCUT2D eigenvalue weighted by atomic mass is 9.75. The van der Waals surface area contributed by atoms with Crippen molar-refractivity contribution in [3.63, 3.8) is 0 Å². The number of halogens is 1. The SMILES string of the molecule is CCc1ccc2c(c1)CCc1ccccc1C2(O)c1ccccc1-c1ccccc1Cl. The standard InChI is InChI=1S/C29H25ClO/c1-2-20-15-18-26-22(19-20)17-16-21-9-3-6-12-25(21)29(26,31)27-13-7-4-10-23(27)24-11-5-8-14-28(24)30/h3-15,18-19,31H,2,16-17H2,1H3. The van der Waals surface area contributed by atoms with Gasteiger partial charge in [0, 0.05) is 16.1 Å². The molecule has 0 aliphatic heterocycles. The average Bonchev–Trinajstić information content (AvgIpc) is 2.94. The van der Waals surface area contributed by atoms with E-state index in [1.54, 1.807) is 0 Å². The summed E-state index contributed by atoms with van der Waals surface area (Å²) in [6, 6.07) is 30.8. The van der Waals surface area contributed by atoms with Gasteiger partial charge in [-0.05, 0) is 58.7 Å². The van der Waals surface area contributed by atoms with Gasteiger partial charge in [-0.1, -0.05) is 103 Å². The Morgan fingerprint density at radius 1 is 0.710 bits per heavy atom. The Bertz CT molecular complexity index is 1260. The van der Waals surface area contributed by atoms with E-state index in [0.29, 0.717) is 5.02 Å². The summed E-state index contributed by atoms with van der Waals surface area (Å²) in [5.74, 6) is 0. The second-order valence-corrected chi connectivity index (χ2v) is 8.65. The van der Waals surface area contributed by atoms with Crippen molar-refractivity contribution in [2.75, 3.05) is 0 Å². The van der Waals surface area contributed by atoms with E-state index in [0.717, 1.165) is 47.1 Å². The van der Waals surface area contributed by atoms with E-state index in [2.05, 4.69) is 49.4 Å². The van der Waals surface area contributed by atoms with Gasteiger partial charge in [-0.25, -0.2) is 0 Å². The Morgan fingerprint density at radius 2 is 1.32 bits per heavy atom. The predicted octanol–water partition coefficient (Wildman–Crippen LogP) is 6.95. The predicted molar refractivity (Wildman–Crippen MR) is 129 cm³/mol. The monoisotopic (exact) mass is 424 g/mol. The summed E-state index contributed by atoms with van der Waals surface area (Å²) >= 11 is 6.61. The van der Waals surface area contributed by atoms with Crippen molar-refractivity contribution in [1.82, 2.24) is 0 Å². The number of aliphatic hydroxyl groups is 1. The zero-order chi connectivity index (χ0) is 21.4. The Morgan fingerprint density at radius 3 is 2.10 bits per heavy atom. The van der Waals surface area contributed by atoms with E-state index in [1.807, 2.05) is 48.5 Å². The molecule has 1 N–H and O–H groups in total. The molecule has 154 valence electrons. The molecule has 31 heavy (non-hydrogen) atoms. The minimum atomic E-state index is -1.26. The van der Waals surface area contributed by atoms with Gasteiger partial charge in [0.25, 0.3) is 0 Å². The van der Waals surface area contributed by atoms with Gasteiger partial charge in [0.15, 0.2) is 0 Å². The van der Waals surface area contributed by atoms with Crippen molar-refractivity contribution in [2.24, 2.45) is 0 Å². The lowest BCUT2D eigenvalue weighted by Crippen LogP contribution is -2.31. The molecule has 0 heterocycles. The summed E-state index contributed by atoms with van der Waals surface area (Å²) < 4.78 is 0. The molecule has 0 saturated carbocycles. The summed E-state index contributed by atoms with van der Waals surface area (Å²) in [5, 5.41) is 13.4. The highest BCUT2D eigenvalue weighted by molar-refractivity contribution is 6.33. The molecule has 1 aliphatic rings. The molecule has 0 aromatic heterocycles. The van der Waals surface area contributed by atoms with E-state index in [9.17, 15) is 5.11 Å². The molecular formula is C29H25ClO. The fourth-order valence-electron chi connectivity index (χ4n) is 4.94. The zero-order valence-electron chi connectivity index (χ0n) is 17.6. The molecule has 0 saturated heterocycles. The molecule has 4 aromatic rings. The highest BCUT2D eigenvalue weighted by Crippen LogP contribution is 2.46. The Labute approximate surface area is 189 Å². The average molecular weight is 425 g/mol. The molecule has 0 amide bonds. The van der Waals surface area contributed by atoms with Gasteiger partial charge in [0.2, 0.25) is 0 Å². The first-order valence-electron chi connectivity index (χ1n) is 10.9. The van der Waals surface area contributed by atoms with Crippen molar-refractivity contribution in [3.05, 3.63) is 129 Å². The van der Waals surface area contributed by atoms with E-state index < -0.39 is 5.60 Å². The van der Waals surface area contributed by atoms with Gasteiger partial charge in [-0.15, -0.1) is 0 Å². The minimum Gasteiger partial charge on any atom is -0.376 e. The van der Waals surface area contributed by atoms with E-state index in [1.165, 1.54) is 16.7 Å². The highest BCUT2D eigenvalue weighted by Gasteiger charge is 2.40. The summed E-state index contributed by atoms with van der Waals surface area (Å²) in [5.41, 5.74) is 7.12. The van der Waals surface area contributed by atoms with Gasteiger partial charge < -0.3 is 5.11 Å². The molecule has 1 nitrogen and oxygen atoms in total. The molecule has 0 bridgehead atoms. The van der Waals surface area contributed by atoms with Gasteiger partial charge >= 0.3 is 0 Å². The number of benzene rings is 4. The normalized spacial score (nSPS) is 17.5. The van der Waals surface area contributed by atoms with Crippen LogP contribution in [0.25, 0.3) is 11.1 Å². The summed E-state index contributed by atoms with van der Waals surface area (Å²) in [6.45, 7) is 2.17. The Kier molecular flexibility index (Phi) is 5.17. The zero-order valence-corrected chi connectivity index (χ0v) is 18.4. The quantitative estimate of drug-likeness (QED) is 0.377.